The molecule has 4 rings (SSSR count). The quantitative estimate of drug-likeness (QED) is 0.778. The summed E-state index contributed by atoms with van der Waals surface area (Å²) >= 11 is 0. The zero-order valence-electron chi connectivity index (χ0n) is 15.8. The van der Waals surface area contributed by atoms with Crippen LogP contribution in [0.1, 0.15) is 11.1 Å². The van der Waals surface area contributed by atoms with Crippen LogP contribution in [0.25, 0.3) is 0 Å². The molecule has 0 amide bonds. The molecule has 2 aliphatic rings. The fourth-order valence-electron chi connectivity index (χ4n) is 3.63. The highest BCUT2D eigenvalue weighted by molar-refractivity contribution is 5.51. The summed E-state index contributed by atoms with van der Waals surface area (Å²) in [5, 5.41) is 0. The Morgan fingerprint density at radius 2 is 1.93 bits per heavy atom. The van der Waals surface area contributed by atoms with E-state index in [0.29, 0.717) is 0 Å². The van der Waals surface area contributed by atoms with Crippen molar-refractivity contribution in [1.82, 2.24) is 4.90 Å². The van der Waals surface area contributed by atoms with Crippen LogP contribution in [0.5, 0.6) is 23.0 Å². The molecule has 144 valence electrons. The van der Waals surface area contributed by atoms with Crippen molar-refractivity contribution in [2.45, 2.75) is 19.1 Å². The Labute approximate surface area is 159 Å². The average Bonchev–Trinajstić information content (AvgIpc) is 3.15. The topological polar surface area (TPSA) is 49.4 Å². The van der Waals surface area contributed by atoms with E-state index in [1.54, 1.807) is 14.2 Å². The number of methoxy groups -OCH3 is 2. The summed E-state index contributed by atoms with van der Waals surface area (Å²) in [7, 11) is 3.38. The van der Waals surface area contributed by atoms with Crippen molar-refractivity contribution in [2.75, 3.05) is 40.7 Å². The maximum atomic E-state index is 6.00. The van der Waals surface area contributed by atoms with Crippen LogP contribution in [0, 0.1) is 0 Å². The minimum absolute atomic E-state index is 0.158. The van der Waals surface area contributed by atoms with Crippen LogP contribution in [-0.4, -0.2) is 51.7 Å². The lowest BCUT2D eigenvalue weighted by Crippen LogP contribution is -2.42. The number of fused-ring (bicyclic) bond motifs is 1. The first kappa shape index (κ1) is 17.9. The highest BCUT2D eigenvalue weighted by atomic mass is 16.7. The third kappa shape index (κ3) is 4.12. The summed E-state index contributed by atoms with van der Waals surface area (Å²) < 4.78 is 27.8. The van der Waals surface area contributed by atoms with Crippen LogP contribution in [-0.2, 0) is 17.7 Å². The minimum Gasteiger partial charge on any atom is -0.497 e. The molecule has 0 unspecified atom stereocenters. The molecule has 2 aromatic rings. The Kier molecular flexibility index (Phi) is 5.36. The first-order valence-corrected chi connectivity index (χ1v) is 9.18. The number of nitrogens with zero attached hydrogens (tertiary/aromatic N) is 1. The first-order valence-electron chi connectivity index (χ1n) is 9.18. The predicted octanol–water partition coefficient (Wildman–Crippen LogP) is 2.88. The number of morpholine rings is 1. The van der Waals surface area contributed by atoms with E-state index >= 15 is 0 Å². The third-order valence-corrected chi connectivity index (χ3v) is 4.99. The lowest BCUT2D eigenvalue weighted by atomic mass is 10.1. The van der Waals surface area contributed by atoms with Gasteiger partial charge in [0.25, 0.3) is 0 Å². The van der Waals surface area contributed by atoms with E-state index in [1.165, 1.54) is 5.56 Å². The van der Waals surface area contributed by atoms with Crippen LogP contribution in [0.2, 0.25) is 0 Å². The van der Waals surface area contributed by atoms with Gasteiger partial charge < -0.3 is 23.7 Å². The zero-order valence-corrected chi connectivity index (χ0v) is 15.8. The molecule has 6 heteroatoms. The van der Waals surface area contributed by atoms with Crippen LogP contribution in [0.4, 0.5) is 0 Å². The number of rotatable bonds is 6. The van der Waals surface area contributed by atoms with Crippen molar-refractivity contribution in [2.24, 2.45) is 0 Å². The number of ether oxygens (including phenoxy) is 5. The van der Waals surface area contributed by atoms with Crippen LogP contribution < -0.4 is 18.9 Å². The summed E-state index contributed by atoms with van der Waals surface area (Å²) in [6.07, 6.45) is 1.03. The van der Waals surface area contributed by atoms with Gasteiger partial charge in [-0.05, 0) is 23.8 Å². The molecule has 1 atom stereocenters. The molecule has 2 aromatic carbocycles. The number of hydrogen-bond donors (Lipinski definition) is 0. The van der Waals surface area contributed by atoms with E-state index in [2.05, 4.69) is 17.0 Å². The lowest BCUT2D eigenvalue weighted by Gasteiger charge is -2.33. The van der Waals surface area contributed by atoms with Gasteiger partial charge in [0.2, 0.25) is 6.79 Å². The summed E-state index contributed by atoms with van der Waals surface area (Å²) in [6, 6.07) is 12.1. The second kappa shape index (κ2) is 8.06. The molecular formula is C21H25NO5. The van der Waals surface area contributed by atoms with Gasteiger partial charge in [0.15, 0.2) is 11.5 Å². The molecule has 0 bridgehead atoms. The normalized spacial score (nSPS) is 19.1. The maximum Gasteiger partial charge on any atom is 0.231 e. The highest BCUT2D eigenvalue weighted by Gasteiger charge is 2.24. The summed E-state index contributed by atoms with van der Waals surface area (Å²) in [5.74, 6) is 3.24. The van der Waals surface area contributed by atoms with E-state index < -0.39 is 0 Å². The van der Waals surface area contributed by atoms with E-state index in [4.69, 9.17) is 23.7 Å². The third-order valence-electron chi connectivity index (χ3n) is 4.99. The average molecular weight is 371 g/mol. The van der Waals surface area contributed by atoms with Gasteiger partial charge in [-0.25, -0.2) is 0 Å². The number of benzene rings is 2. The Balaban J connectivity index is 1.43. The van der Waals surface area contributed by atoms with Crippen molar-refractivity contribution >= 4 is 0 Å². The molecule has 27 heavy (non-hydrogen) atoms. The molecule has 2 heterocycles. The van der Waals surface area contributed by atoms with Crippen LogP contribution >= 0.6 is 0 Å². The molecule has 0 spiro atoms. The highest BCUT2D eigenvalue weighted by Crippen LogP contribution is 2.38. The molecule has 1 fully saturated rings. The Hall–Kier alpha value is -2.44. The summed E-state index contributed by atoms with van der Waals surface area (Å²) in [4.78, 5) is 2.40. The summed E-state index contributed by atoms with van der Waals surface area (Å²) in [5.41, 5.74) is 2.32. The van der Waals surface area contributed by atoms with Crippen LogP contribution in [0.15, 0.2) is 36.4 Å². The van der Waals surface area contributed by atoms with Crippen molar-refractivity contribution in [3.8, 4) is 23.0 Å². The lowest BCUT2D eigenvalue weighted by molar-refractivity contribution is -0.0306. The molecule has 6 nitrogen and oxygen atoms in total. The van der Waals surface area contributed by atoms with Crippen LogP contribution in [0.3, 0.4) is 0 Å². The van der Waals surface area contributed by atoms with Gasteiger partial charge in [0.1, 0.15) is 11.5 Å². The van der Waals surface area contributed by atoms with Gasteiger partial charge in [-0.1, -0.05) is 12.1 Å². The van der Waals surface area contributed by atoms with Crippen molar-refractivity contribution in [3.63, 3.8) is 0 Å². The van der Waals surface area contributed by atoms with Gasteiger partial charge in [-0.15, -0.1) is 0 Å². The largest absolute Gasteiger partial charge is 0.497 e. The molecule has 0 saturated carbocycles. The molecule has 0 radical (unpaired) electrons. The van der Waals surface area contributed by atoms with Gasteiger partial charge >= 0.3 is 0 Å². The van der Waals surface area contributed by atoms with E-state index in [1.807, 2.05) is 24.3 Å². The molecule has 0 aliphatic carbocycles. The SMILES string of the molecule is COc1cccc(C[C@H]2CN(Cc3cc4c(cc3OC)OCO4)CCO2)c1. The molecule has 0 aromatic heterocycles. The monoisotopic (exact) mass is 371 g/mol. The molecular weight excluding hydrogens is 346 g/mol. The van der Waals surface area contributed by atoms with Gasteiger partial charge in [0, 0.05) is 37.7 Å². The molecule has 2 aliphatic heterocycles. The maximum absolute atomic E-state index is 6.00. The predicted molar refractivity (Wildman–Crippen MR) is 101 cm³/mol. The molecule has 0 N–H and O–H groups in total. The second-order valence-electron chi connectivity index (χ2n) is 6.80. The van der Waals surface area contributed by atoms with E-state index in [9.17, 15) is 0 Å². The Bertz CT molecular complexity index is 794. The molecule has 1 saturated heterocycles. The van der Waals surface area contributed by atoms with E-state index in [0.717, 1.165) is 61.2 Å². The van der Waals surface area contributed by atoms with Crippen molar-refractivity contribution in [1.29, 1.82) is 0 Å². The second-order valence-corrected chi connectivity index (χ2v) is 6.80. The fraction of sp³-hybridized carbons (Fsp3) is 0.429. The summed E-state index contributed by atoms with van der Waals surface area (Å²) in [6.45, 7) is 3.54. The fourth-order valence-corrected chi connectivity index (χ4v) is 3.63. The smallest absolute Gasteiger partial charge is 0.231 e. The first-order chi connectivity index (χ1) is 13.2. The minimum atomic E-state index is 0.158. The Morgan fingerprint density at radius 3 is 2.74 bits per heavy atom. The van der Waals surface area contributed by atoms with Crippen molar-refractivity contribution in [3.05, 3.63) is 47.5 Å². The van der Waals surface area contributed by atoms with Gasteiger partial charge in [-0.2, -0.15) is 0 Å². The Morgan fingerprint density at radius 1 is 1.07 bits per heavy atom. The van der Waals surface area contributed by atoms with Gasteiger partial charge in [0.05, 0.1) is 26.9 Å². The number of hydrogen-bond acceptors (Lipinski definition) is 6. The van der Waals surface area contributed by atoms with Gasteiger partial charge in [-0.3, -0.25) is 4.90 Å². The van der Waals surface area contributed by atoms with E-state index in [-0.39, 0.29) is 12.9 Å². The standard InChI is InChI=1S/C21H25NO5/c1-23-17-5-3-4-15(8-17)9-18-13-22(6-7-25-18)12-16-10-20-21(27-14-26-20)11-19(16)24-2/h3-5,8,10-11,18H,6-7,9,12-14H2,1-2H3/t18-/m0/s1. The zero-order chi connectivity index (χ0) is 18.6. The van der Waals surface area contributed by atoms with Crippen molar-refractivity contribution < 1.29 is 23.7 Å².